The van der Waals surface area contributed by atoms with Crippen LogP contribution >= 0.6 is 9.24 Å². The number of alkyl halides is 3. The first-order valence-electron chi connectivity index (χ1n) is 13.5. The van der Waals surface area contributed by atoms with Crippen LogP contribution in [0.25, 0.3) is 11.1 Å². The highest BCUT2D eigenvalue weighted by atomic mass is 31.0. The lowest BCUT2D eigenvalue weighted by molar-refractivity contribution is -0.137. The molecule has 0 saturated heterocycles. The summed E-state index contributed by atoms with van der Waals surface area (Å²) < 4.78 is 43.6. The van der Waals surface area contributed by atoms with Crippen molar-refractivity contribution in [3.05, 3.63) is 77.7 Å². The molecule has 0 fully saturated rings. The van der Waals surface area contributed by atoms with E-state index in [1.807, 2.05) is 23.0 Å². The van der Waals surface area contributed by atoms with Crippen LogP contribution in [0.2, 0.25) is 0 Å². The van der Waals surface area contributed by atoms with Crippen molar-refractivity contribution in [2.75, 3.05) is 37.3 Å². The minimum Gasteiger partial charge on any atom is -0.355 e. The van der Waals surface area contributed by atoms with Crippen LogP contribution in [0, 0.1) is 0 Å². The van der Waals surface area contributed by atoms with E-state index in [9.17, 15) is 18.0 Å². The molecule has 1 unspecified atom stereocenters. The maximum Gasteiger partial charge on any atom is 0.421 e. The molecule has 13 heteroatoms. The zero-order valence-electron chi connectivity index (χ0n) is 23.7. The van der Waals surface area contributed by atoms with E-state index in [0.29, 0.717) is 17.8 Å². The van der Waals surface area contributed by atoms with E-state index in [1.54, 1.807) is 36.5 Å². The number of amides is 1. The summed E-state index contributed by atoms with van der Waals surface area (Å²) in [6.07, 6.45) is 0.351. The van der Waals surface area contributed by atoms with Gasteiger partial charge in [0.2, 0.25) is 5.95 Å². The highest BCUT2D eigenvalue weighted by Crippen LogP contribution is 2.36. The summed E-state index contributed by atoms with van der Waals surface area (Å²) in [7, 11) is 4.09. The first kappa shape index (κ1) is 30.9. The number of hydrogen-bond donors (Lipinski definition) is 3. The quantitative estimate of drug-likeness (QED) is 0.174. The average Bonchev–Trinajstić information content (AvgIpc) is 3.46. The Hall–Kier alpha value is -4.02. The predicted molar refractivity (Wildman–Crippen MR) is 162 cm³/mol. The Morgan fingerprint density at radius 1 is 1.02 bits per heavy atom. The van der Waals surface area contributed by atoms with E-state index in [0.717, 1.165) is 43.1 Å². The van der Waals surface area contributed by atoms with Gasteiger partial charge in [0, 0.05) is 37.2 Å². The molecular formula is C29H34F3N8OP. The topological polar surface area (TPSA) is 100 Å². The number of hydrogen-bond acceptors (Lipinski definition) is 7. The van der Waals surface area contributed by atoms with Gasteiger partial charge in [0.05, 0.1) is 24.0 Å². The molecule has 2 aromatic carbocycles. The van der Waals surface area contributed by atoms with E-state index in [4.69, 9.17) is 0 Å². The Labute approximate surface area is 245 Å². The number of halogens is 3. The Bertz CT molecular complexity index is 1500. The van der Waals surface area contributed by atoms with E-state index in [1.165, 1.54) is 7.05 Å². The highest BCUT2D eigenvalue weighted by molar-refractivity contribution is 7.15. The van der Waals surface area contributed by atoms with Crippen molar-refractivity contribution < 1.29 is 18.0 Å². The average molecular weight is 599 g/mol. The van der Waals surface area contributed by atoms with Crippen molar-refractivity contribution in [3.8, 4) is 11.1 Å². The molecule has 0 bridgehead atoms. The molecule has 2 aromatic heterocycles. The molecular weight excluding hydrogens is 564 g/mol. The van der Waals surface area contributed by atoms with Crippen LogP contribution in [0.5, 0.6) is 0 Å². The van der Waals surface area contributed by atoms with Crippen LogP contribution in [0.1, 0.15) is 35.3 Å². The summed E-state index contributed by atoms with van der Waals surface area (Å²) >= 11 is 0. The van der Waals surface area contributed by atoms with Gasteiger partial charge >= 0.3 is 6.18 Å². The highest BCUT2D eigenvalue weighted by Gasteiger charge is 2.35. The number of likely N-dealkylation sites (N-methyl/N-ethyl adjacent to an activating group) is 1. The van der Waals surface area contributed by atoms with Crippen LogP contribution in [-0.2, 0) is 18.9 Å². The third-order valence-electron chi connectivity index (χ3n) is 6.79. The van der Waals surface area contributed by atoms with Gasteiger partial charge in [-0.1, -0.05) is 32.0 Å². The van der Waals surface area contributed by atoms with Crippen molar-refractivity contribution in [2.24, 2.45) is 0 Å². The number of carbonyl (C=O) groups excluding carboxylic acids is 1. The summed E-state index contributed by atoms with van der Waals surface area (Å²) in [6.45, 7) is 7.65. The molecule has 2 heterocycles. The largest absolute Gasteiger partial charge is 0.421 e. The lowest BCUT2D eigenvalue weighted by Gasteiger charge is -2.17. The van der Waals surface area contributed by atoms with Crippen LogP contribution in [-0.4, -0.2) is 57.2 Å². The summed E-state index contributed by atoms with van der Waals surface area (Å²) in [5.74, 6) is -0.980. The van der Waals surface area contributed by atoms with Gasteiger partial charge < -0.3 is 20.9 Å². The molecule has 0 aliphatic carbocycles. The van der Waals surface area contributed by atoms with Crippen molar-refractivity contribution >= 4 is 38.3 Å². The Morgan fingerprint density at radius 3 is 2.40 bits per heavy atom. The van der Waals surface area contributed by atoms with Crippen molar-refractivity contribution in [1.82, 2.24) is 30.0 Å². The van der Waals surface area contributed by atoms with Crippen LogP contribution in [0.4, 0.5) is 36.3 Å². The van der Waals surface area contributed by atoms with Gasteiger partial charge in [-0.3, -0.25) is 9.48 Å². The summed E-state index contributed by atoms with van der Waals surface area (Å²) in [5, 5.41) is 12.7. The first-order valence-corrected chi connectivity index (χ1v) is 14.3. The maximum atomic E-state index is 13.9. The standard InChI is InChI=1S/C29H34F3N8OP/c1-4-39(5-2)12-13-40-17-21(15-35-40)20-8-11-25(23(14-20)27(41)33-3)37-26-24(29(30,31)32)16-34-28(38-26)36-22-9-6-19(18-42)7-10-22/h6-11,14-17H,4-5,12-13,18,42H2,1-3H3,(H,33,41)(H2,34,36,37,38). The molecule has 3 N–H and O–H groups in total. The first-order chi connectivity index (χ1) is 20.1. The second-order valence-electron chi connectivity index (χ2n) is 9.46. The number of nitrogens with one attached hydrogen (secondary N) is 3. The van der Waals surface area contributed by atoms with Gasteiger partial charge in [-0.2, -0.15) is 23.3 Å². The molecule has 1 amide bonds. The van der Waals surface area contributed by atoms with Gasteiger partial charge in [-0.15, -0.1) is 9.24 Å². The summed E-state index contributed by atoms with van der Waals surface area (Å²) in [5.41, 5.74) is 2.43. The van der Waals surface area contributed by atoms with Crippen LogP contribution in [0.3, 0.4) is 0 Å². The minimum absolute atomic E-state index is 0.0284. The SMILES string of the molecule is CCN(CC)CCn1cc(-c2ccc(Nc3nc(Nc4ccc(CP)cc4)ncc3C(F)(F)F)c(C(=O)NC)c2)cn1. The van der Waals surface area contributed by atoms with Crippen LogP contribution < -0.4 is 16.0 Å². The molecule has 0 aliphatic heterocycles. The lowest BCUT2D eigenvalue weighted by atomic mass is 10.0. The van der Waals surface area contributed by atoms with Crippen LogP contribution in [0.15, 0.2) is 61.1 Å². The van der Waals surface area contributed by atoms with Gasteiger partial charge in [0.1, 0.15) is 11.4 Å². The zero-order valence-corrected chi connectivity index (χ0v) is 24.8. The molecule has 0 radical (unpaired) electrons. The molecule has 4 aromatic rings. The normalized spacial score (nSPS) is 11.5. The lowest BCUT2D eigenvalue weighted by Crippen LogP contribution is -2.27. The number of rotatable bonds is 12. The molecule has 0 aliphatic rings. The maximum absolute atomic E-state index is 13.9. The monoisotopic (exact) mass is 598 g/mol. The Kier molecular flexibility index (Phi) is 10.1. The van der Waals surface area contributed by atoms with Gasteiger partial charge in [-0.05, 0) is 54.6 Å². The summed E-state index contributed by atoms with van der Waals surface area (Å²) in [6, 6.07) is 12.3. The van der Waals surface area contributed by atoms with Crippen molar-refractivity contribution in [3.63, 3.8) is 0 Å². The van der Waals surface area contributed by atoms with E-state index in [2.05, 4.69) is 59.0 Å². The van der Waals surface area contributed by atoms with E-state index in [-0.39, 0.29) is 17.2 Å². The molecule has 0 saturated carbocycles. The third kappa shape index (κ3) is 7.63. The molecule has 0 spiro atoms. The fraction of sp³-hybridized carbons (Fsp3) is 0.310. The number of anilines is 4. The van der Waals surface area contributed by atoms with Gasteiger partial charge in [-0.25, -0.2) is 4.98 Å². The minimum atomic E-state index is -4.73. The summed E-state index contributed by atoms with van der Waals surface area (Å²) in [4.78, 5) is 23.1. The molecule has 1 atom stereocenters. The number of aromatic nitrogens is 4. The molecule has 4 rings (SSSR count). The van der Waals surface area contributed by atoms with Crippen molar-refractivity contribution in [2.45, 2.75) is 32.7 Å². The van der Waals surface area contributed by atoms with Gasteiger partial charge in [0.25, 0.3) is 5.91 Å². The number of carbonyl (C=O) groups is 1. The molecule has 9 nitrogen and oxygen atoms in total. The third-order valence-corrected chi connectivity index (χ3v) is 7.26. The second kappa shape index (κ2) is 13.8. The molecule has 42 heavy (non-hydrogen) atoms. The Balaban J connectivity index is 1.64. The zero-order chi connectivity index (χ0) is 30.3. The predicted octanol–water partition coefficient (Wildman–Crippen LogP) is 5.92. The smallest absolute Gasteiger partial charge is 0.355 e. The number of benzene rings is 2. The second-order valence-corrected chi connectivity index (χ2v) is 9.87. The van der Waals surface area contributed by atoms with E-state index < -0.39 is 23.5 Å². The Morgan fingerprint density at radius 2 is 1.76 bits per heavy atom. The van der Waals surface area contributed by atoms with Gasteiger partial charge in [0.15, 0.2) is 0 Å². The van der Waals surface area contributed by atoms with Crippen molar-refractivity contribution in [1.29, 1.82) is 0 Å². The molecule has 222 valence electrons. The fourth-order valence-corrected chi connectivity index (χ4v) is 4.57. The van der Waals surface area contributed by atoms with E-state index >= 15 is 0 Å². The number of nitrogens with zero attached hydrogens (tertiary/aromatic N) is 5. The fourth-order valence-electron chi connectivity index (χ4n) is 4.30.